The largest absolute Gasteiger partial charge is 0.493 e. The predicted octanol–water partition coefficient (Wildman–Crippen LogP) is 4.98. The number of carbonyl (C=O) groups excluding carboxylic acids is 1. The minimum Gasteiger partial charge on any atom is -0.493 e. The van der Waals surface area contributed by atoms with Crippen LogP contribution in [0.3, 0.4) is 0 Å². The maximum Gasteiger partial charge on any atom is 0.253 e. The summed E-state index contributed by atoms with van der Waals surface area (Å²) in [6, 6.07) is 13.7. The maximum absolute atomic E-state index is 13.2. The quantitative estimate of drug-likeness (QED) is 0.213. The van der Waals surface area contributed by atoms with Gasteiger partial charge in [-0.25, -0.2) is 9.97 Å². The molecule has 6 rings (SSSR count). The summed E-state index contributed by atoms with van der Waals surface area (Å²) in [4.78, 5) is 26.6. The van der Waals surface area contributed by atoms with Gasteiger partial charge in [-0.1, -0.05) is 35.5 Å². The third-order valence-electron chi connectivity index (χ3n) is 7.87. The van der Waals surface area contributed by atoms with Gasteiger partial charge in [0.05, 0.1) is 27.4 Å². The summed E-state index contributed by atoms with van der Waals surface area (Å²) in [6.07, 6.45) is 2.26. The lowest BCUT2D eigenvalue weighted by Crippen LogP contribution is -2.47. The molecule has 1 aromatic heterocycles. The van der Waals surface area contributed by atoms with Crippen molar-refractivity contribution >= 4 is 35.1 Å². The number of fused-ring (bicyclic) bond motifs is 1. The number of amides is 1. The first-order chi connectivity index (χ1) is 19.9. The Morgan fingerprint density at radius 3 is 2.46 bits per heavy atom. The Morgan fingerprint density at radius 1 is 1.00 bits per heavy atom. The molecule has 4 heterocycles. The highest BCUT2D eigenvalue weighted by molar-refractivity contribution is 7.98. The zero-order valence-corrected chi connectivity index (χ0v) is 24.8. The van der Waals surface area contributed by atoms with Crippen LogP contribution in [0.4, 0.5) is 5.82 Å². The number of rotatable bonds is 7. The van der Waals surface area contributed by atoms with Crippen molar-refractivity contribution in [3.8, 4) is 11.5 Å². The number of benzene rings is 2. The van der Waals surface area contributed by atoms with Crippen LogP contribution in [0.5, 0.6) is 11.5 Å². The van der Waals surface area contributed by atoms with Crippen molar-refractivity contribution in [3.63, 3.8) is 0 Å². The number of methoxy groups -OCH3 is 2. The first kappa shape index (κ1) is 28.1. The second-order valence-corrected chi connectivity index (χ2v) is 11.7. The molecule has 41 heavy (non-hydrogen) atoms. The van der Waals surface area contributed by atoms with Gasteiger partial charge in [0.1, 0.15) is 11.0 Å². The fourth-order valence-corrected chi connectivity index (χ4v) is 6.68. The number of hydrogen-bond donors (Lipinski definition) is 0. The SMILES string of the molecule is COc1cc2c(cc1OC)CN(c1cc(Cl)nc(SCc3cccc(C(=O)N4CCC5(CC4)OCCO5)c3)n1)CC2. The molecule has 3 aliphatic heterocycles. The number of anilines is 1. The van der Waals surface area contributed by atoms with Crippen LogP contribution >= 0.6 is 23.4 Å². The highest BCUT2D eigenvalue weighted by atomic mass is 35.5. The highest BCUT2D eigenvalue weighted by Crippen LogP contribution is 2.35. The van der Waals surface area contributed by atoms with Crippen LogP contribution < -0.4 is 14.4 Å². The average molecular weight is 597 g/mol. The molecule has 1 spiro atoms. The summed E-state index contributed by atoms with van der Waals surface area (Å²) in [6.45, 7) is 3.99. The van der Waals surface area contributed by atoms with Crippen LogP contribution in [0.2, 0.25) is 5.15 Å². The van der Waals surface area contributed by atoms with Crippen LogP contribution in [-0.4, -0.2) is 73.6 Å². The minimum atomic E-state index is -0.497. The molecule has 0 N–H and O–H groups in total. The van der Waals surface area contributed by atoms with Gasteiger partial charge in [0.25, 0.3) is 5.91 Å². The van der Waals surface area contributed by atoms with E-state index < -0.39 is 5.79 Å². The zero-order valence-electron chi connectivity index (χ0n) is 23.2. The molecule has 1 amide bonds. The van der Waals surface area contributed by atoms with Crippen molar-refractivity contribution in [2.45, 2.75) is 42.5 Å². The number of piperidine rings is 1. The standard InChI is InChI=1S/C30H33ClN4O5S/c1-37-24-15-21-6-9-35(18-23(21)16-25(24)38-2)27-17-26(31)32-29(33-27)41-19-20-4-3-5-22(14-20)28(36)34-10-7-30(8-11-34)39-12-13-40-30/h3-5,14-17H,6-13,18-19H2,1-2H3. The third kappa shape index (κ3) is 6.11. The zero-order chi connectivity index (χ0) is 28.4. The van der Waals surface area contributed by atoms with Crippen LogP contribution in [0, 0.1) is 0 Å². The van der Waals surface area contributed by atoms with Gasteiger partial charge in [-0.05, 0) is 47.4 Å². The Morgan fingerprint density at radius 2 is 1.73 bits per heavy atom. The number of ether oxygens (including phenoxy) is 4. The van der Waals surface area contributed by atoms with Crippen molar-refractivity contribution in [3.05, 3.63) is 69.9 Å². The minimum absolute atomic E-state index is 0.0330. The summed E-state index contributed by atoms with van der Waals surface area (Å²) in [5, 5.41) is 0.998. The van der Waals surface area contributed by atoms with Gasteiger partial charge < -0.3 is 28.7 Å². The van der Waals surface area contributed by atoms with Gasteiger partial charge in [-0.15, -0.1) is 0 Å². The molecule has 0 radical (unpaired) electrons. The van der Waals surface area contributed by atoms with Gasteiger partial charge in [-0.2, -0.15) is 0 Å². The van der Waals surface area contributed by atoms with E-state index in [0.29, 0.717) is 73.1 Å². The van der Waals surface area contributed by atoms with Crippen LogP contribution in [0.25, 0.3) is 0 Å². The van der Waals surface area contributed by atoms with Crippen LogP contribution in [0.1, 0.15) is 39.9 Å². The number of thioether (sulfide) groups is 1. The van der Waals surface area contributed by atoms with E-state index in [1.807, 2.05) is 35.2 Å². The smallest absolute Gasteiger partial charge is 0.253 e. The summed E-state index contributed by atoms with van der Waals surface area (Å²) in [7, 11) is 3.30. The molecule has 3 aliphatic rings. The van der Waals surface area contributed by atoms with E-state index in [9.17, 15) is 4.79 Å². The Balaban J connectivity index is 1.10. The number of likely N-dealkylation sites (tertiary alicyclic amines) is 1. The molecule has 216 valence electrons. The molecular weight excluding hydrogens is 564 g/mol. The topological polar surface area (TPSA) is 86.3 Å². The van der Waals surface area contributed by atoms with E-state index in [4.69, 9.17) is 35.5 Å². The van der Waals surface area contributed by atoms with Crippen molar-refractivity contribution in [1.82, 2.24) is 14.9 Å². The van der Waals surface area contributed by atoms with Crippen molar-refractivity contribution in [2.24, 2.45) is 0 Å². The highest BCUT2D eigenvalue weighted by Gasteiger charge is 2.40. The van der Waals surface area contributed by atoms with Gasteiger partial charge in [0, 0.05) is 56.4 Å². The summed E-state index contributed by atoms with van der Waals surface area (Å²) < 4.78 is 22.6. The summed E-state index contributed by atoms with van der Waals surface area (Å²) in [5.74, 6) is 2.40. The Labute approximate surface area is 249 Å². The first-order valence-electron chi connectivity index (χ1n) is 13.8. The molecule has 0 atom stereocenters. The van der Waals surface area contributed by atoms with Crippen LogP contribution in [0.15, 0.2) is 47.6 Å². The van der Waals surface area contributed by atoms with E-state index in [1.165, 1.54) is 22.9 Å². The van der Waals surface area contributed by atoms with E-state index in [2.05, 4.69) is 16.0 Å². The lowest BCUT2D eigenvalue weighted by molar-refractivity contribution is -0.181. The Kier molecular flexibility index (Phi) is 8.26. The normalized spacial score (nSPS) is 17.9. The summed E-state index contributed by atoms with van der Waals surface area (Å²) in [5.41, 5.74) is 4.12. The van der Waals surface area contributed by atoms with Gasteiger partial charge in [0.2, 0.25) is 0 Å². The molecule has 11 heteroatoms. The predicted molar refractivity (Wildman–Crippen MR) is 157 cm³/mol. The monoisotopic (exact) mass is 596 g/mol. The maximum atomic E-state index is 13.2. The van der Waals surface area contributed by atoms with Gasteiger partial charge in [-0.3, -0.25) is 4.79 Å². The summed E-state index contributed by atoms with van der Waals surface area (Å²) >= 11 is 7.94. The molecule has 3 aromatic rings. The molecule has 0 bridgehead atoms. The molecular formula is C30H33ClN4O5S. The van der Waals surface area contributed by atoms with E-state index in [-0.39, 0.29) is 5.91 Å². The lowest BCUT2D eigenvalue weighted by atomic mass is 9.99. The van der Waals surface area contributed by atoms with E-state index in [0.717, 1.165) is 30.1 Å². The first-order valence-corrected chi connectivity index (χ1v) is 15.1. The number of aromatic nitrogens is 2. The van der Waals surface area contributed by atoms with Crippen LogP contribution in [-0.2, 0) is 28.2 Å². The number of nitrogens with zero attached hydrogens (tertiary/aromatic N) is 4. The van der Waals surface area contributed by atoms with E-state index >= 15 is 0 Å². The second-order valence-electron chi connectivity index (χ2n) is 10.4. The molecule has 0 saturated carbocycles. The number of carbonyl (C=O) groups is 1. The average Bonchev–Trinajstić information content (AvgIpc) is 3.46. The molecule has 2 fully saturated rings. The lowest BCUT2D eigenvalue weighted by Gasteiger charge is -2.37. The Hall–Kier alpha value is -3.05. The van der Waals surface area contributed by atoms with Crippen molar-refractivity contribution < 1.29 is 23.7 Å². The third-order valence-corrected chi connectivity index (χ3v) is 8.98. The number of halogens is 1. The fraction of sp³-hybridized carbons (Fsp3) is 0.433. The van der Waals surface area contributed by atoms with E-state index in [1.54, 1.807) is 20.3 Å². The Bertz CT molecular complexity index is 1420. The molecule has 0 unspecified atom stereocenters. The van der Waals surface area contributed by atoms with Gasteiger partial charge >= 0.3 is 0 Å². The van der Waals surface area contributed by atoms with Gasteiger partial charge in [0.15, 0.2) is 22.4 Å². The number of hydrogen-bond acceptors (Lipinski definition) is 9. The second kappa shape index (κ2) is 12.1. The van der Waals surface area contributed by atoms with Crippen molar-refractivity contribution in [2.75, 3.05) is 52.0 Å². The molecule has 0 aliphatic carbocycles. The molecule has 9 nitrogen and oxygen atoms in total. The fourth-order valence-electron chi connectivity index (χ4n) is 5.65. The molecule has 2 aromatic carbocycles. The van der Waals surface area contributed by atoms with Crippen molar-refractivity contribution in [1.29, 1.82) is 0 Å². The molecule has 2 saturated heterocycles.